The molecule has 0 heterocycles. The second kappa shape index (κ2) is 6.66. The number of carbonyl (C=O) groups is 1. The van der Waals surface area contributed by atoms with Crippen LogP contribution in [0.5, 0.6) is 0 Å². The Labute approximate surface area is 86.7 Å². The molecule has 0 aromatic heterocycles. The normalized spacial score (nSPS) is 13.9. The number of unbranched alkanes of at least 4 members (excludes halogenated alkanes) is 1. The molecule has 0 aliphatic rings. The first kappa shape index (κ1) is 14.2. The Morgan fingerprint density at radius 2 is 2.00 bits per heavy atom. The van der Waals surface area contributed by atoms with Crippen LogP contribution in [0.25, 0.3) is 0 Å². The molecule has 0 radical (unpaired) electrons. The van der Waals surface area contributed by atoms with E-state index in [4.69, 9.17) is 5.11 Å². The van der Waals surface area contributed by atoms with E-state index in [2.05, 4.69) is 5.32 Å². The Kier molecular flexibility index (Phi) is 6.31. The van der Waals surface area contributed by atoms with Crippen LogP contribution in [-0.2, 0) is 4.79 Å². The lowest BCUT2D eigenvalue weighted by molar-refractivity contribution is -0.139. The van der Waals surface area contributed by atoms with E-state index in [-0.39, 0.29) is 6.42 Å². The largest absolute Gasteiger partial charge is 0.481 e. The van der Waals surface area contributed by atoms with Crippen LogP contribution in [0, 0.1) is 0 Å². The van der Waals surface area contributed by atoms with Gasteiger partial charge in [-0.1, -0.05) is 0 Å². The summed E-state index contributed by atoms with van der Waals surface area (Å²) in [5.74, 6) is -0.877. The quantitative estimate of drug-likeness (QED) is 0.655. The first-order valence-electron chi connectivity index (χ1n) is 4.83. The topological polar surface area (TPSA) is 49.3 Å². The Hall–Kier alpha value is -0.780. The molecule has 90 valence electrons. The number of hydrogen-bond donors (Lipinski definition) is 2. The summed E-state index contributed by atoms with van der Waals surface area (Å²) in [6, 6.07) is -0.616. The molecule has 0 fully saturated rings. The van der Waals surface area contributed by atoms with Crippen molar-refractivity contribution < 1.29 is 23.1 Å². The molecule has 3 nitrogen and oxygen atoms in total. The van der Waals surface area contributed by atoms with E-state index >= 15 is 0 Å². The summed E-state index contributed by atoms with van der Waals surface area (Å²) in [4.78, 5) is 10.1. The molecule has 0 amide bonds. The fraction of sp³-hybridized carbons (Fsp3) is 0.889. The van der Waals surface area contributed by atoms with Gasteiger partial charge < -0.3 is 10.4 Å². The van der Waals surface area contributed by atoms with E-state index < -0.39 is 24.6 Å². The van der Waals surface area contributed by atoms with Crippen molar-refractivity contribution in [3.63, 3.8) is 0 Å². The number of nitrogens with one attached hydrogen (secondary N) is 1. The summed E-state index contributed by atoms with van der Waals surface area (Å²) in [6.45, 7) is 1.88. The van der Waals surface area contributed by atoms with Crippen molar-refractivity contribution in [1.29, 1.82) is 0 Å². The van der Waals surface area contributed by atoms with Gasteiger partial charge in [-0.2, -0.15) is 13.2 Å². The van der Waals surface area contributed by atoms with Gasteiger partial charge in [-0.15, -0.1) is 0 Å². The van der Waals surface area contributed by atoms with Crippen molar-refractivity contribution in [2.75, 3.05) is 6.54 Å². The Balaban J connectivity index is 3.39. The van der Waals surface area contributed by atoms with Crippen LogP contribution in [0.2, 0.25) is 0 Å². The molecule has 1 atom stereocenters. The molecular formula is C9H16F3NO2. The minimum atomic E-state index is -4.15. The van der Waals surface area contributed by atoms with Crippen LogP contribution in [0.4, 0.5) is 13.2 Å². The van der Waals surface area contributed by atoms with Crippen molar-refractivity contribution in [2.45, 2.75) is 44.8 Å². The maximum absolute atomic E-state index is 11.9. The average molecular weight is 227 g/mol. The predicted octanol–water partition coefficient (Wildman–Crippen LogP) is 2.17. The van der Waals surface area contributed by atoms with Crippen LogP contribution in [-0.4, -0.2) is 29.8 Å². The summed E-state index contributed by atoms with van der Waals surface area (Å²) in [5.41, 5.74) is 0. The lowest BCUT2D eigenvalue weighted by atomic mass is 10.2. The van der Waals surface area contributed by atoms with E-state index in [0.29, 0.717) is 19.4 Å². The number of rotatable bonds is 7. The van der Waals surface area contributed by atoms with E-state index in [1.165, 1.54) is 6.92 Å². The number of hydrogen-bond acceptors (Lipinski definition) is 2. The lowest BCUT2D eigenvalue weighted by Gasteiger charge is -2.15. The minimum Gasteiger partial charge on any atom is -0.481 e. The highest BCUT2D eigenvalue weighted by atomic mass is 19.4. The van der Waals surface area contributed by atoms with E-state index in [0.717, 1.165) is 0 Å². The summed E-state index contributed by atoms with van der Waals surface area (Å²) in [6.07, 6.45) is -3.87. The molecule has 15 heavy (non-hydrogen) atoms. The highest BCUT2D eigenvalue weighted by Crippen LogP contribution is 2.21. The van der Waals surface area contributed by atoms with Crippen molar-refractivity contribution >= 4 is 5.97 Å². The maximum atomic E-state index is 11.9. The smallest absolute Gasteiger partial charge is 0.390 e. The zero-order valence-electron chi connectivity index (χ0n) is 8.60. The SMILES string of the molecule is CC(CC(F)(F)F)NCCCCC(=O)O. The molecule has 0 aromatic rings. The molecule has 1 unspecified atom stereocenters. The van der Waals surface area contributed by atoms with Gasteiger partial charge in [-0.05, 0) is 26.3 Å². The van der Waals surface area contributed by atoms with Gasteiger partial charge in [-0.25, -0.2) is 0 Å². The van der Waals surface area contributed by atoms with Gasteiger partial charge in [0.1, 0.15) is 0 Å². The molecular weight excluding hydrogens is 211 g/mol. The van der Waals surface area contributed by atoms with Crippen LogP contribution >= 0.6 is 0 Å². The third kappa shape index (κ3) is 11.1. The molecule has 0 saturated heterocycles. The number of aliphatic carboxylic acids is 1. The molecule has 0 aliphatic heterocycles. The van der Waals surface area contributed by atoms with Gasteiger partial charge in [0.25, 0.3) is 0 Å². The third-order valence-corrected chi connectivity index (χ3v) is 1.85. The number of carboxylic acids is 1. The van der Waals surface area contributed by atoms with Crippen molar-refractivity contribution in [2.24, 2.45) is 0 Å². The van der Waals surface area contributed by atoms with Crippen LogP contribution in [0.15, 0.2) is 0 Å². The second-order valence-corrected chi connectivity index (χ2v) is 3.53. The lowest BCUT2D eigenvalue weighted by Crippen LogP contribution is -2.31. The Morgan fingerprint density at radius 3 is 2.47 bits per heavy atom. The first-order valence-corrected chi connectivity index (χ1v) is 4.83. The van der Waals surface area contributed by atoms with Gasteiger partial charge in [-0.3, -0.25) is 4.79 Å². The van der Waals surface area contributed by atoms with E-state index in [9.17, 15) is 18.0 Å². The Bertz CT molecular complexity index is 194. The summed E-state index contributed by atoms with van der Waals surface area (Å²) in [7, 11) is 0. The van der Waals surface area contributed by atoms with Crippen molar-refractivity contribution in [3.8, 4) is 0 Å². The van der Waals surface area contributed by atoms with E-state index in [1.807, 2.05) is 0 Å². The van der Waals surface area contributed by atoms with Crippen molar-refractivity contribution in [1.82, 2.24) is 5.32 Å². The highest BCUT2D eigenvalue weighted by Gasteiger charge is 2.29. The van der Waals surface area contributed by atoms with Gasteiger partial charge in [0.2, 0.25) is 0 Å². The highest BCUT2D eigenvalue weighted by molar-refractivity contribution is 5.66. The molecule has 6 heteroatoms. The monoisotopic (exact) mass is 227 g/mol. The third-order valence-electron chi connectivity index (χ3n) is 1.85. The maximum Gasteiger partial charge on any atom is 0.390 e. The molecule has 0 bridgehead atoms. The number of carboxylic acid groups (broad SMARTS) is 1. The second-order valence-electron chi connectivity index (χ2n) is 3.53. The van der Waals surface area contributed by atoms with Crippen LogP contribution in [0.1, 0.15) is 32.6 Å². The Morgan fingerprint density at radius 1 is 1.40 bits per heavy atom. The van der Waals surface area contributed by atoms with Gasteiger partial charge in [0.15, 0.2) is 0 Å². The van der Waals surface area contributed by atoms with Crippen molar-refractivity contribution in [3.05, 3.63) is 0 Å². The van der Waals surface area contributed by atoms with Crippen LogP contribution in [0.3, 0.4) is 0 Å². The summed E-state index contributed by atoms with van der Waals surface area (Å²) >= 11 is 0. The molecule has 2 N–H and O–H groups in total. The fourth-order valence-electron chi connectivity index (χ4n) is 1.17. The summed E-state index contributed by atoms with van der Waals surface area (Å²) in [5, 5.41) is 11.0. The molecule has 0 rings (SSSR count). The molecule has 0 saturated carbocycles. The minimum absolute atomic E-state index is 0.0648. The standard InChI is InChI=1S/C9H16F3NO2/c1-7(6-9(10,11)12)13-5-3-2-4-8(14)15/h7,13H,2-6H2,1H3,(H,14,15). The fourth-order valence-corrected chi connectivity index (χ4v) is 1.17. The average Bonchev–Trinajstić information content (AvgIpc) is 1.99. The summed E-state index contributed by atoms with van der Waals surface area (Å²) < 4.78 is 35.6. The van der Waals surface area contributed by atoms with Gasteiger partial charge >= 0.3 is 12.1 Å². The zero-order chi connectivity index (χ0) is 11.9. The van der Waals surface area contributed by atoms with E-state index in [1.54, 1.807) is 0 Å². The first-order chi connectivity index (χ1) is 6.81. The zero-order valence-corrected chi connectivity index (χ0v) is 8.60. The predicted molar refractivity (Wildman–Crippen MR) is 49.6 cm³/mol. The molecule has 0 aromatic carbocycles. The number of halogens is 3. The number of alkyl halides is 3. The van der Waals surface area contributed by atoms with Gasteiger partial charge in [0, 0.05) is 12.5 Å². The van der Waals surface area contributed by atoms with Crippen LogP contribution < -0.4 is 5.32 Å². The molecule has 0 spiro atoms. The molecule has 0 aliphatic carbocycles. The van der Waals surface area contributed by atoms with Gasteiger partial charge in [0.05, 0.1) is 6.42 Å².